The molecule has 15 heteroatoms. The van der Waals surface area contributed by atoms with E-state index >= 15 is 0 Å². The Balaban J connectivity index is -0.0000000375. The average molecular weight is 466 g/mol. The summed E-state index contributed by atoms with van der Waals surface area (Å²) in [5.41, 5.74) is 0. The predicted molar refractivity (Wildman–Crippen MR) is 49.4 cm³/mol. The predicted octanol–water partition coefficient (Wildman–Crippen LogP) is -3.36. The summed E-state index contributed by atoms with van der Waals surface area (Å²) in [6, 6.07) is 0. The number of hydrogen-bond acceptors (Lipinski definition) is 6. The quantitative estimate of drug-likeness (QED) is 0.191. The summed E-state index contributed by atoms with van der Waals surface area (Å²) in [7, 11) is 0. The van der Waals surface area contributed by atoms with Gasteiger partial charge in [0.1, 0.15) is 0 Å². The molecule has 0 aromatic rings. The first-order valence-corrected chi connectivity index (χ1v) is 3.32. The summed E-state index contributed by atoms with van der Waals surface area (Å²) < 4.78 is 0. The summed E-state index contributed by atoms with van der Waals surface area (Å²) in [6.07, 6.45) is 0. The topological polar surface area (TPSA) is 255 Å². The number of rotatable bonds is 0. The molecule has 0 unspecified atom stereocenters. The van der Waals surface area contributed by atoms with Crippen molar-refractivity contribution >= 4 is 35.8 Å². The van der Waals surface area contributed by atoms with Crippen molar-refractivity contribution < 1.29 is 130 Å². The molecular formula is C6H8O13Y2. The number of aliphatic carboxylic acids is 6. The van der Waals surface area contributed by atoms with Gasteiger partial charge in [0.05, 0.1) is 0 Å². The van der Waals surface area contributed by atoms with Crippen molar-refractivity contribution in [1.29, 1.82) is 0 Å². The van der Waals surface area contributed by atoms with Crippen LogP contribution in [-0.4, -0.2) is 71.9 Å². The Morgan fingerprint density at radius 3 is 0.429 bits per heavy atom. The van der Waals surface area contributed by atoms with Gasteiger partial charge in [0.15, 0.2) is 0 Å². The SMILES string of the molecule is O.O=C(O)C(=O)O.O=C(O)C(=O)O.O=C(O)C(=O)O.[Y].[Y]. The van der Waals surface area contributed by atoms with Gasteiger partial charge in [-0.2, -0.15) is 0 Å². The van der Waals surface area contributed by atoms with Gasteiger partial charge >= 0.3 is 35.8 Å². The zero-order chi connectivity index (χ0) is 15.5. The van der Waals surface area contributed by atoms with Crippen molar-refractivity contribution in [1.82, 2.24) is 0 Å². The van der Waals surface area contributed by atoms with Crippen LogP contribution in [0.2, 0.25) is 0 Å². The van der Waals surface area contributed by atoms with Crippen molar-refractivity contribution in [3.63, 3.8) is 0 Å². The number of hydrogen-bond donors (Lipinski definition) is 6. The molecular weight excluding hydrogens is 458 g/mol. The molecule has 0 bridgehead atoms. The Hall–Kier alpha value is -1.01. The summed E-state index contributed by atoms with van der Waals surface area (Å²) in [5.74, 6) is -10.9. The number of carboxylic acids is 6. The monoisotopic (exact) mass is 466 g/mol. The average Bonchev–Trinajstić information content (AvgIpc) is 2.18. The molecule has 0 aliphatic heterocycles. The van der Waals surface area contributed by atoms with E-state index < -0.39 is 35.8 Å². The Morgan fingerprint density at radius 1 is 0.381 bits per heavy atom. The van der Waals surface area contributed by atoms with Crippen molar-refractivity contribution in [3.05, 3.63) is 0 Å². The van der Waals surface area contributed by atoms with Gasteiger partial charge in [0.2, 0.25) is 0 Å². The second-order valence-electron chi connectivity index (χ2n) is 1.83. The molecule has 2 radical (unpaired) electrons. The van der Waals surface area contributed by atoms with Crippen molar-refractivity contribution in [2.45, 2.75) is 0 Å². The minimum absolute atomic E-state index is 0. The van der Waals surface area contributed by atoms with E-state index in [1.54, 1.807) is 0 Å². The Kier molecular flexibility index (Phi) is 37.3. The molecule has 0 rings (SSSR count). The normalized spacial score (nSPS) is 6.29. The largest absolute Gasteiger partial charge is 0.473 e. The second kappa shape index (κ2) is 21.3. The maximum atomic E-state index is 9.10. The second-order valence-corrected chi connectivity index (χ2v) is 1.83. The smallest absolute Gasteiger partial charge is 0.414 e. The molecule has 0 saturated carbocycles. The number of carboxylic acid groups (broad SMARTS) is 6. The molecule has 0 heterocycles. The zero-order valence-corrected chi connectivity index (χ0v) is 15.5. The molecule has 0 aliphatic rings. The fraction of sp³-hybridized carbons (Fsp3) is 0. The van der Waals surface area contributed by atoms with Crippen LogP contribution < -0.4 is 0 Å². The Morgan fingerprint density at radius 2 is 0.429 bits per heavy atom. The van der Waals surface area contributed by atoms with Gasteiger partial charge in [0.25, 0.3) is 0 Å². The minimum Gasteiger partial charge on any atom is -0.473 e. The van der Waals surface area contributed by atoms with Crippen LogP contribution in [-0.2, 0) is 94.2 Å². The van der Waals surface area contributed by atoms with Crippen molar-refractivity contribution in [3.8, 4) is 0 Å². The van der Waals surface area contributed by atoms with Crippen LogP contribution in [0.3, 0.4) is 0 Å². The van der Waals surface area contributed by atoms with Gasteiger partial charge in [0, 0.05) is 65.4 Å². The van der Waals surface area contributed by atoms with Gasteiger partial charge in [-0.3, -0.25) is 0 Å². The molecule has 8 N–H and O–H groups in total. The third-order valence-electron chi connectivity index (χ3n) is 0.549. The first kappa shape index (κ1) is 36.8. The van der Waals surface area contributed by atoms with E-state index in [2.05, 4.69) is 0 Å². The fourth-order valence-corrected chi connectivity index (χ4v) is 0. The summed E-state index contributed by atoms with van der Waals surface area (Å²) in [6.45, 7) is 0. The third-order valence-corrected chi connectivity index (χ3v) is 0.549. The maximum Gasteiger partial charge on any atom is 0.414 e. The van der Waals surface area contributed by atoms with E-state index in [1.807, 2.05) is 0 Å². The van der Waals surface area contributed by atoms with Gasteiger partial charge in [-0.1, -0.05) is 0 Å². The van der Waals surface area contributed by atoms with Crippen LogP contribution in [0, 0.1) is 0 Å². The summed E-state index contributed by atoms with van der Waals surface area (Å²) >= 11 is 0. The zero-order valence-electron chi connectivity index (χ0n) is 9.79. The van der Waals surface area contributed by atoms with Crippen LogP contribution in [0.25, 0.3) is 0 Å². The molecule has 0 fully saturated rings. The summed E-state index contributed by atoms with van der Waals surface area (Å²) in [5, 5.41) is 44.3. The third kappa shape index (κ3) is 45.4. The Labute approximate surface area is 165 Å². The van der Waals surface area contributed by atoms with Gasteiger partial charge in [-0.05, 0) is 0 Å². The van der Waals surface area contributed by atoms with E-state index in [1.165, 1.54) is 0 Å². The van der Waals surface area contributed by atoms with Crippen LogP contribution in [0.1, 0.15) is 0 Å². The maximum absolute atomic E-state index is 9.10. The first-order valence-electron chi connectivity index (χ1n) is 3.32. The molecule has 0 spiro atoms. The molecule has 0 atom stereocenters. The fourth-order valence-electron chi connectivity index (χ4n) is 0. The van der Waals surface area contributed by atoms with Gasteiger partial charge < -0.3 is 36.1 Å². The molecule has 21 heavy (non-hydrogen) atoms. The molecule has 13 nitrogen and oxygen atoms in total. The van der Waals surface area contributed by atoms with Crippen LogP contribution in [0.4, 0.5) is 0 Å². The van der Waals surface area contributed by atoms with E-state index in [0.717, 1.165) is 0 Å². The molecule has 116 valence electrons. The number of carbonyl (C=O) groups is 6. The van der Waals surface area contributed by atoms with Crippen LogP contribution >= 0.6 is 0 Å². The molecule has 0 aromatic heterocycles. The van der Waals surface area contributed by atoms with Crippen LogP contribution in [0.15, 0.2) is 0 Å². The molecule has 0 amide bonds. The first-order chi connectivity index (χ1) is 7.93. The van der Waals surface area contributed by atoms with E-state index in [0.29, 0.717) is 0 Å². The van der Waals surface area contributed by atoms with E-state index in [9.17, 15) is 0 Å². The van der Waals surface area contributed by atoms with E-state index in [4.69, 9.17) is 59.4 Å². The van der Waals surface area contributed by atoms with Crippen molar-refractivity contribution in [2.24, 2.45) is 0 Å². The molecule has 0 aromatic carbocycles. The van der Waals surface area contributed by atoms with Gasteiger partial charge in [-0.15, -0.1) is 0 Å². The Bertz CT molecular complexity index is 282. The van der Waals surface area contributed by atoms with Crippen molar-refractivity contribution in [2.75, 3.05) is 0 Å². The minimum atomic E-state index is -1.82. The molecule has 0 saturated heterocycles. The molecule has 0 aliphatic carbocycles. The summed E-state index contributed by atoms with van der Waals surface area (Å²) in [4.78, 5) is 54.6. The van der Waals surface area contributed by atoms with Crippen LogP contribution in [0.5, 0.6) is 0 Å². The standard InChI is InChI=1S/3C2H2O4.H2O.2Y/c3*3-1(4)2(5)6;;;/h3*(H,3,4)(H,5,6);1H2;;. The van der Waals surface area contributed by atoms with Gasteiger partial charge in [-0.25, -0.2) is 28.8 Å². The van der Waals surface area contributed by atoms with E-state index in [-0.39, 0.29) is 70.9 Å².